The first-order chi connectivity index (χ1) is 14.5. The molecule has 0 bridgehead atoms. The molecular formula is C22H17FN4O3. The monoisotopic (exact) mass is 404 g/mol. The highest BCUT2D eigenvalue weighted by Gasteiger charge is 2.19. The van der Waals surface area contributed by atoms with Gasteiger partial charge in [-0.1, -0.05) is 12.1 Å². The Bertz CT molecular complexity index is 1270. The molecule has 0 aliphatic carbocycles. The van der Waals surface area contributed by atoms with E-state index in [4.69, 9.17) is 10.2 Å². The molecule has 0 spiro atoms. The molecule has 2 heterocycles. The zero-order valence-corrected chi connectivity index (χ0v) is 15.9. The SMILES string of the molecule is CNC(=O)c1oc2cc(-c3cccc(C(=O)Nc4ccc(F)cc4)c3)cnc2c1N. The molecule has 8 heteroatoms. The second-order valence-electron chi connectivity index (χ2n) is 6.54. The highest BCUT2D eigenvalue weighted by molar-refractivity contribution is 6.06. The highest BCUT2D eigenvalue weighted by atomic mass is 19.1. The van der Waals surface area contributed by atoms with Crippen LogP contribution < -0.4 is 16.4 Å². The summed E-state index contributed by atoms with van der Waals surface area (Å²) in [6, 6.07) is 14.2. The average Bonchev–Trinajstić information content (AvgIpc) is 3.10. The van der Waals surface area contributed by atoms with Gasteiger partial charge in [0.2, 0.25) is 5.76 Å². The van der Waals surface area contributed by atoms with Crippen molar-refractivity contribution >= 4 is 34.3 Å². The van der Waals surface area contributed by atoms with Gasteiger partial charge in [-0.05, 0) is 48.0 Å². The smallest absolute Gasteiger partial charge is 0.289 e. The van der Waals surface area contributed by atoms with Gasteiger partial charge in [0, 0.05) is 30.1 Å². The van der Waals surface area contributed by atoms with Crippen molar-refractivity contribution in [3.8, 4) is 11.1 Å². The topological polar surface area (TPSA) is 110 Å². The molecule has 4 aromatic rings. The van der Waals surface area contributed by atoms with Crippen LogP contribution in [0.25, 0.3) is 22.2 Å². The minimum absolute atomic E-state index is 0.00424. The molecule has 0 atom stereocenters. The number of anilines is 2. The number of carbonyl (C=O) groups excluding carboxylic acids is 2. The Balaban J connectivity index is 1.64. The maximum atomic E-state index is 13.0. The lowest BCUT2D eigenvalue weighted by atomic mass is 10.0. The van der Waals surface area contributed by atoms with Crippen molar-refractivity contribution in [3.63, 3.8) is 0 Å². The van der Waals surface area contributed by atoms with E-state index in [1.807, 2.05) is 6.07 Å². The number of carbonyl (C=O) groups is 2. The Morgan fingerprint density at radius 2 is 1.80 bits per heavy atom. The number of hydrogen-bond donors (Lipinski definition) is 3. The quantitative estimate of drug-likeness (QED) is 0.479. The summed E-state index contributed by atoms with van der Waals surface area (Å²) in [7, 11) is 1.48. The number of aromatic nitrogens is 1. The Kier molecular flexibility index (Phi) is 4.89. The van der Waals surface area contributed by atoms with Crippen molar-refractivity contribution in [1.29, 1.82) is 0 Å². The van der Waals surface area contributed by atoms with Crippen LogP contribution in [-0.2, 0) is 0 Å². The molecular weight excluding hydrogens is 387 g/mol. The summed E-state index contributed by atoms with van der Waals surface area (Å²) in [5.74, 6) is -1.14. The fraction of sp³-hybridized carbons (Fsp3) is 0.0455. The van der Waals surface area contributed by atoms with E-state index < -0.39 is 5.91 Å². The van der Waals surface area contributed by atoms with Crippen LogP contribution in [0.3, 0.4) is 0 Å². The zero-order chi connectivity index (χ0) is 21.3. The molecule has 0 saturated carbocycles. The Morgan fingerprint density at radius 3 is 2.53 bits per heavy atom. The summed E-state index contributed by atoms with van der Waals surface area (Å²) in [6.45, 7) is 0. The van der Waals surface area contributed by atoms with Crippen LogP contribution in [0, 0.1) is 5.82 Å². The maximum Gasteiger partial charge on any atom is 0.289 e. The second-order valence-corrected chi connectivity index (χ2v) is 6.54. The first-order valence-electron chi connectivity index (χ1n) is 9.03. The van der Waals surface area contributed by atoms with Gasteiger partial charge >= 0.3 is 0 Å². The summed E-state index contributed by atoms with van der Waals surface area (Å²) in [4.78, 5) is 28.7. The zero-order valence-electron chi connectivity index (χ0n) is 15.9. The van der Waals surface area contributed by atoms with Crippen LogP contribution in [0.1, 0.15) is 20.9 Å². The van der Waals surface area contributed by atoms with Gasteiger partial charge < -0.3 is 20.8 Å². The van der Waals surface area contributed by atoms with Crippen LogP contribution in [-0.4, -0.2) is 23.8 Å². The number of nitrogens with zero attached hydrogens (tertiary/aromatic N) is 1. The summed E-state index contributed by atoms with van der Waals surface area (Å²) in [5, 5.41) is 5.19. The molecule has 7 nitrogen and oxygen atoms in total. The van der Waals surface area contributed by atoms with Crippen molar-refractivity contribution in [2.24, 2.45) is 0 Å². The number of nitrogen functional groups attached to an aromatic ring is 1. The van der Waals surface area contributed by atoms with E-state index in [2.05, 4.69) is 15.6 Å². The number of furan rings is 1. The Labute approximate surface area is 170 Å². The van der Waals surface area contributed by atoms with Crippen LogP contribution in [0.4, 0.5) is 15.8 Å². The lowest BCUT2D eigenvalue weighted by Crippen LogP contribution is -2.18. The van der Waals surface area contributed by atoms with Crippen LogP contribution in [0.2, 0.25) is 0 Å². The average molecular weight is 404 g/mol. The molecule has 0 fully saturated rings. The van der Waals surface area contributed by atoms with E-state index in [0.717, 1.165) is 5.56 Å². The van der Waals surface area contributed by atoms with Gasteiger partial charge in [-0.15, -0.1) is 0 Å². The number of pyridine rings is 1. The van der Waals surface area contributed by atoms with E-state index >= 15 is 0 Å². The number of benzene rings is 2. The molecule has 30 heavy (non-hydrogen) atoms. The third-order valence-corrected chi connectivity index (χ3v) is 4.56. The van der Waals surface area contributed by atoms with E-state index in [9.17, 15) is 14.0 Å². The largest absolute Gasteiger partial charge is 0.447 e. The highest BCUT2D eigenvalue weighted by Crippen LogP contribution is 2.30. The first kappa shape index (κ1) is 19.1. The number of nitrogens with two attached hydrogens (primary N) is 1. The van der Waals surface area contributed by atoms with Crippen molar-refractivity contribution < 1.29 is 18.4 Å². The molecule has 2 aromatic heterocycles. The molecule has 0 radical (unpaired) electrons. The lowest BCUT2D eigenvalue weighted by Gasteiger charge is -2.07. The Hall–Kier alpha value is -4.20. The predicted octanol–water partition coefficient (Wildman–Crippen LogP) is 3.83. The predicted molar refractivity (Wildman–Crippen MR) is 112 cm³/mol. The summed E-state index contributed by atoms with van der Waals surface area (Å²) >= 11 is 0. The molecule has 4 rings (SSSR count). The molecule has 150 valence electrons. The lowest BCUT2D eigenvalue weighted by molar-refractivity contribution is 0.0938. The Morgan fingerprint density at radius 1 is 1.03 bits per heavy atom. The second kappa shape index (κ2) is 7.67. The van der Waals surface area contributed by atoms with Crippen molar-refractivity contribution in [1.82, 2.24) is 10.3 Å². The standard InChI is InChI=1S/C22H17FN4O3/c1-25-22(29)20-18(24)19-17(30-20)10-14(11-26-19)12-3-2-4-13(9-12)21(28)27-16-7-5-15(23)6-8-16/h2-11H,24H2,1H3,(H,25,29)(H,27,28). The van der Waals surface area contributed by atoms with Gasteiger partial charge in [0.15, 0.2) is 5.58 Å². The van der Waals surface area contributed by atoms with Crippen LogP contribution in [0.15, 0.2) is 65.2 Å². The van der Waals surface area contributed by atoms with Crippen molar-refractivity contribution in [2.75, 3.05) is 18.1 Å². The van der Waals surface area contributed by atoms with Crippen molar-refractivity contribution in [2.45, 2.75) is 0 Å². The number of hydrogen-bond acceptors (Lipinski definition) is 5. The van der Waals surface area contributed by atoms with Gasteiger partial charge in [-0.3, -0.25) is 9.59 Å². The normalized spacial score (nSPS) is 10.7. The molecule has 4 N–H and O–H groups in total. The fourth-order valence-electron chi connectivity index (χ4n) is 3.01. The third-order valence-electron chi connectivity index (χ3n) is 4.56. The number of rotatable bonds is 4. The number of amides is 2. The molecule has 0 unspecified atom stereocenters. The van der Waals surface area contributed by atoms with E-state index in [0.29, 0.717) is 27.9 Å². The summed E-state index contributed by atoms with van der Waals surface area (Å²) < 4.78 is 18.6. The molecule has 0 aliphatic heterocycles. The minimum Gasteiger partial charge on any atom is -0.447 e. The van der Waals surface area contributed by atoms with E-state index in [1.165, 1.54) is 31.3 Å². The molecule has 2 amide bonds. The van der Waals surface area contributed by atoms with Crippen LogP contribution >= 0.6 is 0 Å². The number of nitrogens with one attached hydrogen (secondary N) is 2. The van der Waals surface area contributed by atoms with Crippen LogP contribution in [0.5, 0.6) is 0 Å². The van der Waals surface area contributed by atoms with E-state index in [-0.39, 0.29) is 23.2 Å². The fourth-order valence-corrected chi connectivity index (χ4v) is 3.01. The van der Waals surface area contributed by atoms with Gasteiger partial charge in [0.05, 0.1) is 0 Å². The third kappa shape index (κ3) is 3.58. The molecule has 2 aromatic carbocycles. The number of fused-ring (bicyclic) bond motifs is 1. The maximum absolute atomic E-state index is 13.0. The molecule has 0 aliphatic rings. The minimum atomic E-state index is -0.438. The summed E-state index contributed by atoms with van der Waals surface area (Å²) in [5.41, 5.74) is 9.21. The number of halogens is 1. The van der Waals surface area contributed by atoms with Gasteiger partial charge in [-0.25, -0.2) is 9.37 Å². The van der Waals surface area contributed by atoms with Crippen molar-refractivity contribution in [3.05, 3.63) is 77.9 Å². The first-order valence-corrected chi connectivity index (χ1v) is 9.03. The molecule has 0 saturated heterocycles. The summed E-state index contributed by atoms with van der Waals surface area (Å²) in [6.07, 6.45) is 1.60. The van der Waals surface area contributed by atoms with E-state index in [1.54, 1.807) is 30.5 Å². The van der Waals surface area contributed by atoms with Gasteiger partial charge in [-0.2, -0.15) is 0 Å². The van der Waals surface area contributed by atoms with Gasteiger partial charge in [0.1, 0.15) is 17.0 Å². The van der Waals surface area contributed by atoms with Gasteiger partial charge in [0.25, 0.3) is 11.8 Å².